The van der Waals surface area contributed by atoms with Crippen LogP contribution in [0.25, 0.3) is 0 Å². The zero-order valence-electron chi connectivity index (χ0n) is 16.7. The minimum Gasteiger partial charge on any atom is -0.357 e. The molecule has 152 valence electrons. The van der Waals surface area contributed by atoms with Gasteiger partial charge < -0.3 is 16.0 Å². The predicted octanol–water partition coefficient (Wildman–Crippen LogP) is 3.66. The smallest absolute Gasteiger partial charge is 0.223 e. The van der Waals surface area contributed by atoms with Crippen LogP contribution in [0.4, 0.5) is 0 Å². The summed E-state index contributed by atoms with van der Waals surface area (Å²) >= 11 is 0. The predicted molar refractivity (Wildman–Crippen MR) is 124 cm³/mol. The van der Waals surface area contributed by atoms with Crippen molar-refractivity contribution >= 4 is 35.8 Å². The number of hydrogen-bond acceptors (Lipinski definition) is 2. The molecule has 0 aromatic heterocycles. The van der Waals surface area contributed by atoms with E-state index in [0.717, 1.165) is 31.9 Å². The van der Waals surface area contributed by atoms with Gasteiger partial charge in [0.2, 0.25) is 5.91 Å². The molecule has 1 aliphatic rings. The summed E-state index contributed by atoms with van der Waals surface area (Å²) in [6, 6.07) is 10.4. The SMILES string of the molecule is CCNC(=NCC(C)c1ccccc1)NCCNC(=O)C1CCCCC1.I. The molecule has 2 rings (SSSR count). The average molecular weight is 486 g/mol. The first-order valence-electron chi connectivity index (χ1n) is 10.1. The lowest BCUT2D eigenvalue weighted by molar-refractivity contribution is -0.125. The van der Waals surface area contributed by atoms with Gasteiger partial charge in [-0.25, -0.2) is 0 Å². The van der Waals surface area contributed by atoms with Crippen LogP contribution in [-0.2, 0) is 4.79 Å². The Kier molecular flexibility index (Phi) is 12.1. The number of benzene rings is 1. The van der Waals surface area contributed by atoms with Gasteiger partial charge in [-0.2, -0.15) is 0 Å². The molecule has 0 aliphatic heterocycles. The molecule has 1 aliphatic carbocycles. The lowest BCUT2D eigenvalue weighted by Crippen LogP contribution is -2.42. The number of amides is 1. The van der Waals surface area contributed by atoms with Crippen molar-refractivity contribution in [1.29, 1.82) is 0 Å². The van der Waals surface area contributed by atoms with E-state index in [1.807, 2.05) is 6.07 Å². The van der Waals surface area contributed by atoms with Gasteiger partial charge in [-0.05, 0) is 25.3 Å². The molecule has 1 unspecified atom stereocenters. The second-order valence-electron chi connectivity index (χ2n) is 7.08. The van der Waals surface area contributed by atoms with Crippen LogP contribution in [0.15, 0.2) is 35.3 Å². The number of nitrogens with zero attached hydrogens (tertiary/aromatic N) is 1. The minimum atomic E-state index is 0. The van der Waals surface area contributed by atoms with E-state index in [1.54, 1.807) is 0 Å². The van der Waals surface area contributed by atoms with Crippen molar-refractivity contribution in [1.82, 2.24) is 16.0 Å². The quantitative estimate of drug-likeness (QED) is 0.228. The third kappa shape index (κ3) is 8.95. The van der Waals surface area contributed by atoms with E-state index in [1.165, 1.54) is 24.8 Å². The molecule has 0 heterocycles. The van der Waals surface area contributed by atoms with E-state index in [2.05, 4.69) is 59.1 Å². The Labute approximate surface area is 181 Å². The number of halogens is 1. The van der Waals surface area contributed by atoms with Gasteiger partial charge in [0.25, 0.3) is 0 Å². The van der Waals surface area contributed by atoms with Gasteiger partial charge in [-0.1, -0.05) is 56.5 Å². The third-order valence-electron chi connectivity index (χ3n) is 4.93. The second-order valence-corrected chi connectivity index (χ2v) is 7.08. The normalized spacial score (nSPS) is 16.1. The Bertz CT molecular complexity index is 559. The van der Waals surface area contributed by atoms with E-state index < -0.39 is 0 Å². The molecule has 0 saturated heterocycles. The number of guanidine groups is 1. The molecule has 0 spiro atoms. The number of hydrogen-bond donors (Lipinski definition) is 3. The Morgan fingerprint density at radius 2 is 1.74 bits per heavy atom. The van der Waals surface area contributed by atoms with Gasteiger partial charge in [0.05, 0.1) is 0 Å². The van der Waals surface area contributed by atoms with Gasteiger partial charge in [-0.3, -0.25) is 9.79 Å². The molecular formula is C21H35IN4O. The van der Waals surface area contributed by atoms with E-state index in [4.69, 9.17) is 0 Å². The van der Waals surface area contributed by atoms with Gasteiger partial charge in [0.15, 0.2) is 5.96 Å². The number of aliphatic imine (C=N–C) groups is 1. The maximum atomic E-state index is 12.2. The van der Waals surface area contributed by atoms with Gasteiger partial charge in [0.1, 0.15) is 0 Å². The lowest BCUT2D eigenvalue weighted by Gasteiger charge is -2.21. The van der Waals surface area contributed by atoms with Crippen molar-refractivity contribution in [3.63, 3.8) is 0 Å². The molecule has 1 amide bonds. The summed E-state index contributed by atoms with van der Waals surface area (Å²) < 4.78 is 0. The summed E-state index contributed by atoms with van der Waals surface area (Å²) in [6.45, 7) is 7.11. The number of carbonyl (C=O) groups excluding carboxylic acids is 1. The van der Waals surface area contributed by atoms with Crippen molar-refractivity contribution in [2.75, 3.05) is 26.2 Å². The topological polar surface area (TPSA) is 65.5 Å². The van der Waals surface area contributed by atoms with Gasteiger partial charge in [-0.15, -0.1) is 24.0 Å². The molecule has 1 aromatic rings. The van der Waals surface area contributed by atoms with Crippen LogP contribution < -0.4 is 16.0 Å². The maximum absolute atomic E-state index is 12.2. The van der Waals surface area contributed by atoms with Crippen molar-refractivity contribution in [2.45, 2.75) is 51.9 Å². The highest BCUT2D eigenvalue weighted by Crippen LogP contribution is 2.23. The van der Waals surface area contributed by atoms with Crippen molar-refractivity contribution in [3.8, 4) is 0 Å². The van der Waals surface area contributed by atoms with E-state index in [9.17, 15) is 4.79 Å². The Morgan fingerprint density at radius 3 is 2.41 bits per heavy atom. The second kappa shape index (κ2) is 13.8. The fraction of sp³-hybridized carbons (Fsp3) is 0.619. The van der Waals surface area contributed by atoms with Gasteiger partial charge in [0, 0.05) is 38.0 Å². The summed E-state index contributed by atoms with van der Waals surface area (Å²) in [6.07, 6.45) is 5.73. The number of rotatable bonds is 8. The standard InChI is InChI=1S/C21H34N4O.HI/c1-3-22-21(25-16-17(2)18-10-6-4-7-11-18)24-15-14-23-20(26)19-12-8-5-9-13-19;/h4,6-7,10-11,17,19H,3,5,8-9,12-16H2,1-2H3,(H,23,26)(H2,22,24,25);1H. The van der Waals surface area contributed by atoms with E-state index in [-0.39, 0.29) is 35.8 Å². The molecule has 1 atom stereocenters. The van der Waals surface area contributed by atoms with Crippen LogP contribution in [0.1, 0.15) is 57.4 Å². The van der Waals surface area contributed by atoms with E-state index >= 15 is 0 Å². The molecule has 1 saturated carbocycles. The fourth-order valence-electron chi connectivity index (χ4n) is 3.33. The molecule has 3 N–H and O–H groups in total. The van der Waals surface area contributed by atoms with Crippen LogP contribution in [-0.4, -0.2) is 38.0 Å². The first kappa shape index (κ1) is 23.7. The summed E-state index contributed by atoms with van der Waals surface area (Å²) in [4.78, 5) is 16.8. The summed E-state index contributed by atoms with van der Waals surface area (Å²) in [5.41, 5.74) is 1.30. The lowest BCUT2D eigenvalue weighted by atomic mass is 9.89. The highest BCUT2D eigenvalue weighted by molar-refractivity contribution is 14.0. The first-order valence-corrected chi connectivity index (χ1v) is 10.1. The van der Waals surface area contributed by atoms with Crippen molar-refractivity contribution in [2.24, 2.45) is 10.9 Å². The van der Waals surface area contributed by atoms with Crippen LogP contribution >= 0.6 is 24.0 Å². The Morgan fingerprint density at radius 1 is 1.07 bits per heavy atom. The molecule has 1 aromatic carbocycles. The highest BCUT2D eigenvalue weighted by atomic mass is 127. The van der Waals surface area contributed by atoms with Gasteiger partial charge >= 0.3 is 0 Å². The van der Waals surface area contributed by atoms with E-state index in [0.29, 0.717) is 19.0 Å². The van der Waals surface area contributed by atoms with Crippen molar-refractivity contribution < 1.29 is 4.79 Å². The summed E-state index contributed by atoms with van der Waals surface area (Å²) in [5, 5.41) is 9.63. The Balaban J connectivity index is 0.00000364. The zero-order valence-corrected chi connectivity index (χ0v) is 19.0. The molecular weight excluding hydrogens is 451 g/mol. The molecule has 0 radical (unpaired) electrons. The summed E-state index contributed by atoms with van der Waals surface area (Å²) in [7, 11) is 0. The molecule has 27 heavy (non-hydrogen) atoms. The average Bonchev–Trinajstić information content (AvgIpc) is 2.70. The number of nitrogens with one attached hydrogen (secondary N) is 3. The highest BCUT2D eigenvalue weighted by Gasteiger charge is 2.20. The molecule has 0 bridgehead atoms. The van der Waals surface area contributed by atoms with Crippen LogP contribution in [0.3, 0.4) is 0 Å². The van der Waals surface area contributed by atoms with Crippen molar-refractivity contribution in [3.05, 3.63) is 35.9 Å². The maximum Gasteiger partial charge on any atom is 0.223 e. The largest absolute Gasteiger partial charge is 0.357 e. The molecule has 6 heteroatoms. The monoisotopic (exact) mass is 486 g/mol. The zero-order chi connectivity index (χ0) is 18.6. The van der Waals surface area contributed by atoms with Crippen LogP contribution in [0, 0.1) is 5.92 Å². The molecule has 5 nitrogen and oxygen atoms in total. The Hall–Kier alpha value is -1.31. The van der Waals surface area contributed by atoms with Crippen LogP contribution in [0.5, 0.6) is 0 Å². The molecule has 1 fully saturated rings. The third-order valence-corrected chi connectivity index (χ3v) is 4.93. The first-order chi connectivity index (χ1) is 12.7. The minimum absolute atomic E-state index is 0. The van der Waals surface area contributed by atoms with Crippen LogP contribution in [0.2, 0.25) is 0 Å². The fourth-order valence-corrected chi connectivity index (χ4v) is 3.33. The number of carbonyl (C=O) groups is 1. The summed E-state index contributed by atoms with van der Waals surface area (Å²) in [5.74, 6) is 1.61.